The van der Waals surface area contributed by atoms with Crippen LogP contribution in [-0.4, -0.2) is 11.8 Å². The van der Waals surface area contributed by atoms with Gasteiger partial charge >= 0.3 is 0 Å². The van der Waals surface area contributed by atoms with Crippen molar-refractivity contribution >= 4 is 17.5 Å². The molecule has 4 atom stereocenters. The molecule has 106 valence electrons. The Balaban J connectivity index is 1.59. The summed E-state index contributed by atoms with van der Waals surface area (Å²) < 4.78 is 0. The second-order valence-corrected chi connectivity index (χ2v) is 7.07. The first-order chi connectivity index (χ1) is 10.1. The summed E-state index contributed by atoms with van der Waals surface area (Å²) in [5, 5.41) is 0. The lowest BCUT2D eigenvalue weighted by atomic mass is 9.85. The highest BCUT2D eigenvalue weighted by atomic mass is 16.2. The van der Waals surface area contributed by atoms with Crippen molar-refractivity contribution in [1.29, 1.82) is 0 Å². The molecule has 1 spiro atoms. The predicted molar refractivity (Wildman–Crippen MR) is 78.4 cm³/mol. The van der Waals surface area contributed by atoms with Gasteiger partial charge in [-0.25, -0.2) is 0 Å². The zero-order valence-corrected chi connectivity index (χ0v) is 12.0. The molecule has 21 heavy (non-hydrogen) atoms. The highest BCUT2D eigenvalue weighted by molar-refractivity contribution is 6.23. The highest BCUT2D eigenvalue weighted by Crippen LogP contribution is 2.73. The van der Waals surface area contributed by atoms with Crippen LogP contribution in [0.5, 0.6) is 0 Å². The predicted octanol–water partition coefficient (Wildman–Crippen LogP) is 2.70. The monoisotopic (exact) mass is 279 g/mol. The van der Waals surface area contributed by atoms with Crippen LogP contribution in [-0.2, 0) is 9.59 Å². The SMILES string of the molecule is Cc1cccc(N2C(=O)[C@@H]3[C@@H](C2=O)[C@@H]2C=C[C@H]3C23CC3)c1. The molecular weight excluding hydrogens is 262 g/mol. The van der Waals surface area contributed by atoms with Crippen LogP contribution in [0.1, 0.15) is 18.4 Å². The van der Waals surface area contributed by atoms with Crippen molar-refractivity contribution in [3.63, 3.8) is 0 Å². The molecular formula is C18H17NO2. The molecule has 0 N–H and O–H groups in total. The summed E-state index contributed by atoms with van der Waals surface area (Å²) in [4.78, 5) is 27.2. The fourth-order valence-electron chi connectivity index (χ4n) is 5.10. The quantitative estimate of drug-likeness (QED) is 0.585. The van der Waals surface area contributed by atoms with Crippen LogP contribution in [0.25, 0.3) is 0 Å². The minimum Gasteiger partial charge on any atom is -0.274 e. The first-order valence-electron chi connectivity index (χ1n) is 7.76. The van der Waals surface area contributed by atoms with Gasteiger partial charge in [0.25, 0.3) is 0 Å². The van der Waals surface area contributed by atoms with Crippen molar-refractivity contribution in [3.8, 4) is 0 Å². The Morgan fingerprint density at radius 3 is 2.19 bits per heavy atom. The number of rotatable bonds is 1. The molecule has 5 rings (SSSR count). The molecule has 3 fully saturated rings. The fourth-order valence-corrected chi connectivity index (χ4v) is 5.10. The van der Waals surface area contributed by atoms with Gasteiger partial charge < -0.3 is 0 Å². The summed E-state index contributed by atoms with van der Waals surface area (Å²) in [6.45, 7) is 1.99. The van der Waals surface area contributed by atoms with Crippen LogP contribution in [0.3, 0.4) is 0 Å². The Bertz CT molecular complexity index is 682. The molecule has 2 amide bonds. The molecule has 0 unspecified atom stereocenters. The van der Waals surface area contributed by atoms with Gasteiger partial charge in [-0.3, -0.25) is 14.5 Å². The first-order valence-corrected chi connectivity index (χ1v) is 7.76. The first kappa shape index (κ1) is 11.7. The molecule has 2 bridgehead atoms. The van der Waals surface area contributed by atoms with Gasteiger partial charge in [-0.05, 0) is 54.7 Å². The molecule has 1 aromatic rings. The Hall–Kier alpha value is -1.90. The molecule has 0 aromatic heterocycles. The van der Waals surface area contributed by atoms with Gasteiger partial charge in [0.15, 0.2) is 0 Å². The second kappa shape index (κ2) is 3.46. The lowest BCUT2D eigenvalue weighted by Gasteiger charge is -2.21. The topological polar surface area (TPSA) is 37.4 Å². The molecule has 1 saturated heterocycles. The van der Waals surface area contributed by atoms with Crippen molar-refractivity contribution in [2.45, 2.75) is 19.8 Å². The zero-order valence-electron chi connectivity index (χ0n) is 12.0. The van der Waals surface area contributed by atoms with Crippen LogP contribution >= 0.6 is 0 Å². The van der Waals surface area contributed by atoms with E-state index >= 15 is 0 Å². The van der Waals surface area contributed by atoms with E-state index in [0.717, 1.165) is 11.3 Å². The van der Waals surface area contributed by atoms with Gasteiger partial charge in [0, 0.05) is 0 Å². The third kappa shape index (κ3) is 1.22. The van der Waals surface area contributed by atoms with Crippen molar-refractivity contribution in [2.24, 2.45) is 29.1 Å². The maximum absolute atomic E-state index is 12.9. The number of carbonyl (C=O) groups excluding carboxylic acids is 2. The maximum atomic E-state index is 12.9. The van der Waals surface area contributed by atoms with E-state index in [-0.39, 0.29) is 29.1 Å². The Morgan fingerprint density at radius 2 is 1.67 bits per heavy atom. The van der Waals surface area contributed by atoms with E-state index in [2.05, 4.69) is 12.2 Å². The molecule has 3 heteroatoms. The van der Waals surface area contributed by atoms with Crippen molar-refractivity contribution in [3.05, 3.63) is 42.0 Å². The normalized spacial score (nSPS) is 37.7. The van der Waals surface area contributed by atoms with Crippen LogP contribution in [0.15, 0.2) is 36.4 Å². The van der Waals surface area contributed by atoms with E-state index in [1.807, 2.05) is 31.2 Å². The third-order valence-electron chi connectivity index (χ3n) is 6.11. The largest absolute Gasteiger partial charge is 0.274 e. The lowest BCUT2D eigenvalue weighted by Crippen LogP contribution is -2.34. The maximum Gasteiger partial charge on any atom is 0.238 e. The number of fused-ring (bicyclic) bond motifs is 3. The number of carbonyl (C=O) groups is 2. The Labute approximate surface area is 123 Å². The number of anilines is 1. The summed E-state index contributed by atoms with van der Waals surface area (Å²) in [6.07, 6.45) is 6.80. The van der Waals surface area contributed by atoms with Crippen LogP contribution in [0.2, 0.25) is 0 Å². The number of aryl methyl sites for hydroxylation is 1. The van der Waals surface area contributed by atoms with E-state index in [4.69, 9.17) is 0 Å². The van der Waals surface area contributed by atoms with Gasteiger partial charge in [0.2, 0.25) is 11.8 Å². The smallest absolute Gasteiger partial charge is 0.238 e. The Morgan fingerprint density at radius 1 is 1.05 bits per heavy atom. The van der Waals surface area contributed by atoms with Gasteiger partial charge in [-0.2, -0.15) is 0 Å². The zero-order chi connectivity index (χ0) is 14.4. The van der Waals surface area contributed by atoms with E-state index in [9.17, 15) is 9.59 Å². The number of imide groups is 1. The Kier molecular flexibility index (Phi) is 1.93. The summed E-state index contributed by atoms with van der Waals surface area (Å²) in [7, 11) is 0. The van der Waals surface area contributed by atoms with E-state index in [1.54, 1.807) is 0 Å². The third-order valence-corrected chi connectivity index (χ3v) is 6.11. The van der Waals surface area contributed by atoms with Gasteiger partial charge in [0.1, 0.15) is 0 Å². The molecule has 1 aliphatic heterocycles. The van der Waals surface area contributed by atoms with Crippen molar-refractivity contribution < 1.29 is 9.59 Å². The van der Waals surface area contributed by atoms with Crippen LogP contribution < -0.4 is 4.90 Å². The number of hydrogen-bond acceptors (Lipinski definition) is 2. The van der Waals surface area contributed by atoms with Gasteiger partial charge in [-0.15, -0.1) is 0 Å². The summed E-state index contributed by atoms with van der Waals surface area (Å²) in [5.74, 6) is 0.459. The average molecular weight is 279 g/mol. The molecule has 1 heterocycles. The van der Waals surface area contributed by atoms with Gasteiger partial charge in [0.05, 0.1) is 17.5 Å². The van der Waals surface area contributed by atoms with E-state index < -0.39 is 0 Å². The van der Waals surface area contributed by atoms with E-state index in [0.29, 0.717) is 11.8 Å². The lowest BCUT2D eigenvalue weighted by molar-refractivity contribution is -0.123. The fraction of sp³-hybridized carbons (Fsp3) is 0.444. The summed E-state index contributed by atoms with van der Waals surface area (Å²) in [6, 6.07) is 7.69. The minimum atomic E-state index is -0.101. The number of amides is 2. The number of benzene rings is 1. The molecule has 3 aliphatic carbocycles. The molecule has 4 aliphatic rings. The second-order valence-electron chi connectivity index (χ2n) is 7.07. The van der Waals surface area contributed by atoms with Crippen LogP contribution in [0, 0.1) is 36.0 Å². The highest BCUT2D eigenvalue weighted by Gasteiger charge is 2.73. The summed E-state index contributed by atoms with van der Waals surface area (Å²) in [5.41, 5.74) is 2.09. The minimum absolute atomic E-state index is 0.0266. The average Bonchev–Trinajstić information content (AvgIpc) is 3.05. The number of hydrogen-bond donors (Lipinski definition) is 0. The number of nitrogens with zero attached hydrogens (tertiary/aromatic N) is 1. The number of allylic oxidation sites excluding steroid dienone is 2. The standard InChI is InChI=1S/C18H17NO2/c1-10-3-2-4-11(9-10)19-16(20)14-12-5-6-13(15(14)17(19)21)18(12)7-8-18/h2-6,9,12-15H,7-8H2,1H3/t12-,13+,14-,15-/m0/s1. The van der Waals surface area contributed by atoms with E-state index in [1.165, 1.54) is 17.7 Å². The molecule has 0 radical (unpaired) electrons. The molecule has 2 saturated carbocycles. The molecule has 1 aromatic carbocycles. The molecule has 3 nitrogen and oxygen atoms in total. The van der Waals surface area contributed by atoms with Crippen molar-refractivity contribution in [2.75, 3.05) is 4.90 Å². The van der Waals surface area contributed by atoms with Crippen molar-refractivity contribution in [1.82, 2.24) is 0 Å². The van der Waals surface area contributed by atoms with Crippen LogP contribution in [0.4, 0.5) is 5.69 Å². The summed E-state index contributed by atoms with van der Waals surface area (Å²) >= 11 is 0. The van der Waals surface area contributed by atoms with Gasteiger partial charge in [-0.1, -0.05) is 24.3 Å².